The van der Waals surface area contributed by atoms with Crippen LogP contribution in [-0.4, -0.2) is 21.5 Å². The molecule has 1 amide bonds. The van der Waals surface area contributed by atoms with Gasteiger partial charge >= 0.3 is 0 Å². The van der Waals surface area contributed by atoms with E-state index in [1.54, 1.807) is 10.6 Å². The molecule has 0 aliphatic carbocycles. The Labute approximate surface area is 135 Å². The predicted molar refractivity (Wildman–Crippen MR) is 84.8 cm³/mol. The number of hydrogen-bond acceptors (Lipinski definition) is 2. The first-order valence-electron chi connectivity index (χ1n) is 6.62. The topological polar surface area (TPSA) is 46.9 Å². The van der Waals surface area contributed by atoms with E-state index in [0.717, 1.165) is 0 Å². The van der Waals surface area contributed by atoms with Gasteiger partial charge in [0, 0.05) is 25.1 Å². The van der Waals surface area contributed by atoms with Crippen molar-refractivity contribution >= 4 is 44.5 Å². The molecule has 1 heterocycles. The maximum atomic E-state index is 13.7. The van der Waals surface area contributed by atoms with E-state index in [1.165, 1.54) is 6.07 Å². The third-order valence-electron chi connectivity index (χ3n) is 3.00. The normalized spacial score (nSPS) is 11.3. The van der Waals surface area contributed by atoms with E-state index in [2.05, 4.69) is 26.2 Å². The molecule has 0 fully saturated rings. The fourth-order valence-electron chi connectivity index (χ4n) is 2.13. The molecule has 0 unspecified atom stereocenters. The van der Waals surface area contributed by atoms with Crippen LogP contribution in [0.5, 0.6) is 0 Å². The van der Waals surface area contributed by atoms with Crippen molar-refractivity contribution in [1.82, 2.24) is 14.9 Å². The molecule has 21 heavy (non-hydrogen) atoms. The molecule has 0 bridgehead atoms. The van der Waals surface area contributed by atoms with Gasteiger partial charge in [-0.2, -0.15) is 0 Å². The van der Waals surface area contributed by atoms with Crippen molar-refractivity contribution in [2.45, 2.75) is 38.7 Å². The van der Waals surface area contributed by atoms with Crippen molar-refractivity contribution in [3.05, 3.63) is 28.2 Å². The minimum atomic E-state index is -0.364. The molecule has 1 N–H and O–H groups in total. The number of halogens is 3. The lowest BCUT2D eigenvalue weighted by molar-refractivity contribution is -0.121. The minimum absolute atomic E-state index is 0.0510. The number of fused-ring (bicyclic) bond motifs is 1. The van der Waals surface area contributed by atoms with E-state index in [0.29, 0.717) is 34.3 Å². The van der Waals surface area contributed by atoms with Crippen molar-refractivity contribution in [3.8, 4) is 0 Å². The first-order chi connectivity index (χ1) is 9.92. The van der Waals surface area contributed by atoms with E-state index in [1.807, 2.05) is 13.8 Å². The fourth-order valence-corrected chi connectivity index (χ4v) is 2.66. The Balaban J connectivity index is 2.29. The molecule has 0 atom stereocenters. The molecule has 0 radical (unpaired) electrons. The summed E-state index contributed by atoms with van der Waals surface area (Å²) >= 11 is 9.03. The zero-order valence-corrected chi connectivity index (χ0v) is 14.1. The Bertz CT molecular complexity index is 672. The van der Waals surface area contributed by atoms with Gasteiger partial charge in [-0.1, -0.05) is 0 Å². The van der Waals surface area contributed by atoms with Crippen molar-refractivity contribution < 1.29 is 9.18 Å². The van der Waals surface area contributed by atoms with Crippen molar-refractivity contribution in [2.75, 3.05) is 0 Å². The minimum Gasteiger partial charge on any atom is -0.354 e. The lowest BCUT2D eigenvalue weighted by Gasteiger charge is -2.10. The quantitative estimate of drug-likeness (QED) is 0.811. The van der Waals surface area contributed by atoms with Gasteiger partial charge in [0.2, 0.25) is 5.91 Å². The third kappa shape index (κ3) is 3.74. The molecule has 0 saturated heterocycles. The number of imidazole rings is 1. The predicted octanol–water partition coefficient (Wildman–Crippen LogP) is 3.59. The number of aromatic nitrogens is 2. The maximum Gasteiger partial charge on any atom is 0.221 e. The monoisotopic (exact) mass is 375 g/mol. The van der Waals surface area contributed by atoms with E-state index in [4.69, 9.17) is 11.6 Å². The molecule has 0 spiro atoms. The summed E-state index contributed by atoms with van der Waals surface area (Å²) in [6.07, 6.45) is 0.297. The van der Waals surface area contributed by atoms with Crippen LogP contribution in [0.3, 0.4) is 0 Å². The van der Waals surface area contributed by atoms with Crippen LogP contribution in [0.4, 0.5) is 4.39 Å². The van der Waals surface area contributed by atoms with Crippen LogP contribution in [0.2, 0.25) is 0 Å². The average Bonchev–Trinajstić information content (AvgIpc) is 2.73. The SMILES string of the molecule is CC(C)NC(=O)CCn1c(CCl)nc2cc(Br)c(F)cc21. The second-order valence-electron chi connectivity index (χ2n) is 5.04. The summed E-state index contributed by atoms with van der Waals surface area (Å²) in [5.41, 5.74) is 1.30. The van der Waals surface area contributed by atoms with E-state index >= 15 is 0 Å². The molecule has 2 rings (SSSR count). The zero-order chi connectivity index (χ0) is 15.6. The van der Waals surface area contributed by atoms with Gasteiger partial charge in [-0.3, -0.25) is 4.79 Å². The number of hydrogen-bond donors (Lipinski definition) is 1. The van der Waals surface area contributed by atoms with Gasteiger partial charge in [-0.25, -0.2) is 9.37 Å². The van der Waals surface area contributed by atoms with E-state index < -0.39 is 0 Å². The van der Waals surface area contributed by atoms with Crippen LogP contribution in [-0.2, 0) is 17.2 Å². The number of benzene rings is 1. The molecule has 0 aliphatic rings. The Morgan fingerprint density at radius 3 is 2.86 bits per heavy atom. The molecule has 1 aromatic heterocycles. The van der Waals surface area contributed by atoms with Crippen LogP contribution in [0, 0.1) is 5.82 Å². The lowest BCUT2D eigenvalue weighted by Crippen LogP contribution is -2.30. The Kier molecular flexibility index (Phi) is 5.22. The Hall–Kier alpha value is -1.14. The van der Waals surface area contributed by atoms with Crippen LogP contribution in [0.25, 0.3) is 11.0 Å². The number of nitrogens with one attached hydrogen (secondary N) is 1. The van der Waals surface area contributed by atoms with Crippen molar-refractivity contribution in [3.63, 3.8) is 0 Å². The van der Waals surface area contributed by atoms with Crippen LogP contribution < -0.4 is 5.32 Å². The summed E-state index contributed by atoms with van der Waals surface area (Å²) in [4.78, 5) is 16.1. The third-order valence-corrected chi connectivity index (χ3v) is 3.85. The summed E-state index contributed by atoms with van der Waals surface area (Å²) in [5, 5.41) is 2.82. The van der Waals surface area contributed by atoms with Crippen molar-refractivity contribution in [1.29, 1.82) is 0 Å². The van der Waals surface area contributed by atoms with E-state index in [-0.39, 0.29) is 23.6 Å². The molecule has 1 aromatic carbocycles. The maximum absolute atomic E-state index is 13.7. The van der Waals surface area contributed by atoms with Crippen molar-refractivity contribution in [2.24, 2.45) is 0 Å². The molecule has 0 aliphatic heterocycles. The molecular weight excluding hydrogens is 361 g/mol. The number of amides is 1. The number of rotatable bonds is 5. The summed E-state index contributed by atoms with van der Waals surface area (Å²) in [7, 11) is 0. The number of carbonyl (C=O) groups is 1. The molecular formula is C14H16BrClFN3O. The molecule has 114 valence electrons. The largest absolute Gasteiger partial charge is 0.354 e. The molecule has 7 heteroatoms. The molecule has 0 saturated carbocycles. The summed E-state index contributed by atoms with van der Waals surface area (Å²) in [6, 6.07) is 3.12. The van der Waals surface area contributed by atoms with Crippen LogP contribution in [0.1, 0.15) is 26.1 Å². The summed E-state index contributed by atoms with van der Waals surface area (Å²) in [6.45, 7) is 4.22. The Morgan fingerprint density at radius 2 is 2.24 bits per heavy atom. The number of alkyl halides is 1. The highest BCUT2D eigenvalue weighted by atomic mass is 79.9. The van der Waals surface area contributed by atoms with Crippen LogP contribution in [0.15, 0.2) is 16.6 Å². The number of aryl methyl sites for hydroxylation is 1. The molecule has 4 nitrogen and oxygen atoms in total. The van der Waals surface area contributed by atoms with Gasteiger partial charge in [0.15, 0.2) is 0 Å². The summed E-state index contributed by atoms with van der Waals surface area (Å²) < 4.78 is 15.9. The van der Waals surface area contributed by atoms with Gasteiger partial charge in [0.25, 0.3) is 0 Å². The van der Waals surface area contributed by atoms with Crippen LogP contribution >= 0.6 is 27.5 Å². The number of carbonyl (C=O) groups excluding carboxylic acids is 1. The van der Waals surface area contributed by atoms with E-state index in [9.17, 15) is 9.18 Å². The summed E-state index contributed by atoms with van der Waals surface area (Å²) in [5.74, 6) is 0.419. The van der Waals surface area contributed by atoms with Gasteiger partial charge in [-0.15, -0.1) is 11.6 Å². The zero-order valence-electron chi connectivity index (χ0n) is 11.8. The second kappa shape index (κ2) is 6.75. The fraction of sp³-hybridized carbons (Fsp3) is 0.429. The first-order valence-corrected chi connectivity index (χ1v) is 7.94. The van der Waals surface area contributed by atoms with Gasteiger partial charge in [0.05, 0.1) is 21.4 Å². The smallest absolute Gasteiger partial charge is 0.221 e. The standard InChI is InChI=1S/C14H16BrClFN3O/c1-8(2)18-14(21)3-4-20-12-6-10(17)9(15)5-11(12)19-13(20)7-16/h5-6,8H,3-4,7H2,1-2H3,(H,18,21). The van der Waals surface area contributed by atoms with Gasteiger partial charge in [0.1, 0.15) is 11.6 Å². The van der Waals surface area contributed by atoms with Gasteiger partial charge < -0.3 is 9.88 Å². The Morgan fingerprint density at radius 1 is 1.52 bits per heavy atom. The highest BCUT2D eigenvalue weighted by Crippen LogP contribution is 2.25. The molecule has 2 aromatic rings. The first kappa shape index (κ1) is 16.2. The lowest BCUT2D eigenvalue weighted by atomic mass is 10.3. The second-order valence-corrected chi connectivity index (χ2v) is 6.16. The highest BCUT2D eigenvalue weighted by Gasteiger charge is 2.14. The average molecular weight is 377 g/mol. The van der Waals surface area contributed by atoms with Gasteiger partial charge in [-0.05, 0) is 35.8 Å². The highest BCUT2D eigenvalue weighted by molar-refractivity contribution is 9.10. The number of nitrogens with zero attached hydrogens (tertiary/aromatic N) is 2.